The van der Waals surface area contributed by atoms with Crippen molar-refractivity contribution in [3.63, 3.8) is 0 Å². The summed E-state index contributed by atoms with van der Waals surface area (Å²) in [6.45, 7) is 1.44. The molecule has 1 N–H and O–H groups in total. The number of nitrogens with one attached hydrogen (secondary N) is 1. The van der Waals surface area contributed by atoms with E-state index < -0.39 is 5.92 Å². The maximum Gasteiger partial charge on any atom is 0.247 e. The van der Waals surface area contributed by atoms with E-state index in [1.165, 1.54) is 12.6 Å². The molecule has 2 rings (SSSR count). The van der Waals surface area contributed by atoms with Crippen LogP contribution in [0, 0.1) is 5.92 Å². The summed E-state index contributed by atoms with van der Waals surface area (Å²) in [6, 6.07) is 0.117. The maximum absolute atomic E-state index is 12.7. The highest BCUT2D eigenvalue weighted by Gasteiger charge is 2.40. The first-order valence-corrected chi connectivity index (χ1v) is 8.69. The zero-order valence-corrected chi connectivity index (χ0v) is 15.1. The van der Waals surface area contributed by atoms with Crippen molar-refractivity contribution in [3.05, 3.63) is 0 Å². The molecule has 6 nitrogen and oxygen atoms in total. The number of amides is 2. The highest BCUT2D eigenvalue weighted by Crippen LogP contribution is 2.25. The Balaban J connectivity index is 2.03. The van der Waals surface area contributed by atoms with Crippen molar-refractivity contribution in [2.75, 3.05) is 34.2 Å². The summed E-state index contributed by atoms with van der Waals surface area (Å²) in [4.78, 5) is 30.7. The minimum absolute atomic E-state index is 0.117. The van der Waals surface area contributed by atoms with Crippen LogP contribution in [0.25, 0.3) is 0 Å². The van der Waals surface area contributed by atoms with Gasteiger partial charge in [0.2, 0.25) is 11.8 Å². The van der Waals surface area contributed by atoms with E-state index in [2.05, 4.69) is 31.5 Å². The van der Waals surface area contributed by atoms with Gasteiger partial charge in [0, 0.05) is 12.3 Å². The number of rotatable bonds is 5. The molecule has 23 heavy (non-hydrogen) atoms. The summed E-state index contributed by atoms with van der Waals surface area (Å²) in [5, 5.41) is 2.92. The number of nitrogens with zero attached hydrogens (tertiary/aromatic N) is 3. The predicted octanol–water partition coefficient (Wildman–Crippen LogP) is 0.956. The van der Waals surface area contributed by atoms with Crippen molar-refractivity contribution in [2.24, 2.45) is 10.9 Å². The topological polar surface area (TPSA) is 61.8 Å². The fraction of sp³-hybridized carbons (Fsp3) is 0.750. The van der Waals surface area contributed by atoms with Crippen LogP contribution in [0.2, 0.25) is 0 Å². The second kappa shape index (κ2) is 7.49. The third-order valence-electron chi connectivity index (χ3n) is 4.33. The second-order valence-corrected chi connectivity index (χ2v) is 7.73. The molecule has 2 fully saturated rings. The molecule has 2 amide bonds. The number of hydrogen-bond donors (Lipinski definition) is 1. The van der Waals surface area contributed by atoms with E-state index in [1.807, 2.05) is 0 Å². The molecule has 1 saturated carbocycles. The lowest BCUT2D eigenvalue weighted by atomic mass is 9.92. The van der Waals surface area contributed by atoms with Gasteiger partial charge in [0.1, 0.15) is 0 Å². The van der Waals surface area contributed by atoms with Crippen molar-refractivity contribution in [1.82, 2.24) is 10.2 Å². The van der Waals surface area contributed by atoms with Gasteiger partial charge in [0.05, 0.1) is 34.2 Å². The Morgan fingerprint density at radius 1 is 1.26 bits per heavy atom. The van der Waals surface area contributed by atoms with Crippen LogP contribution in [0.4, 0.5) is 0 Å². The van der Waals surface area contributed by atoms with E-state index in [9.17, 15) is 9.59 Å². The summed E-state index contributed by atoms with van der Waals surface area (Å²) in [5.74, 6) is -1.43. The van der Waals surface area contributed by atoms with Gasteiger partial charge in [0.25, 0.3) is 0 Å². The number of hydrogen-bond acceptors (Lipinski definition) is 4. The van der Waals surface area contributed by atoms with Crippen LogP contribution in [0.5, 0.6) is 0 Å². The van der Waals surface area contributed by atoms with Crippen molar-refractivity contribution in [3.8, 4) is 0 Å². The third-order valence-corrected chi connectivity index (χ3v) is 4.63. The summed E-state index contributed by atoms with van der Waals surface area (Å²) in [5.41, 5.74) is 0. The summed E-state index contributed by atoms with van der Waals surface area (Å²) in [7, 11) is 6.24. The van der Waals surface area contributed by atoms with Gasteiger partial charge < -0.3 is 9.80 Å². The fourth-order valence-corrected chi connectivity index (χ4v) is 3.30. The molecule has 1 heterocycles. The Morgan fingerprint density at radius 3 is 2.52 bits per heavy atom. The Bertz CT molecular complexity index is 507. The van der Waals surface area contributed by atoms with E-state index in [0.29, 0.717) is 6.54 Å². The number of likely N-dealkylation sites (N-methyl/N-ethyl adjacent to an activating group) is 1. The Kier molecular flexibility index (Phi) is 5.86. The molecule has 1 aliphatic heterocycles. The maximum atomic E-state index is 12.7. The Hall–Kier alpha value is -1.34. The van der Waals surface area contributed by atoms with Gasteiger partial charge in [-0.2, -0.15) is 0 Å². The molecule has 0 bridgehead atoms. The number of thiocarbonyl (C=S) groups is 1. The summed E-state index contributed by atoms with van der Waals surface area (Å²) >= 11 is 5.23. The lowest BCUT2D eigenvalue weighted by molar-refractivity contribution is -0.868. The van der Waals surface area contributed by atoms with Gasteiger partial charge in [0.15, 0.2) is 11.0 Å². The van der Waals surface area contributed by atoms with Gasteiger partial charge >= 0.3 is 0 Å². The largest absolute Gasteiger partial charge is 0.329 e. The lowest BCUT2D eigenvalue weighted by Crippen LogP contribution is -2.61. The van der Waals surface area contributed by atoms with Gasteiger partial charge in [-0.05, 0) is 25.1 Å². The van der Waals surface area contributed by atoms with Crippen LogP contribution in [0.1, 0.15) is 32.1 Å². The first-order chi connectivity index (χ1) is 10.8. The van der Waals surface area contributed by atoms with E-state index in [4.69, 9.17) is 12.2 Å². The minimum Gasteiger partial charge on any atom is -0.329 e. The quantitative estimate of drug-likeness (QED) is 0.351. The number of aliphatic imine (C=N–C) groups is 1. The van der Waals surface area contributed by atoms with Crippen molar-refractivity contribution in [1.29, 1.82) is 0 Å². The molecule has 7 heteroatoms. The standard InChI is InChI=1S/C16H26N4O2S/c1-20(2,3)10-9-17-11-13-14(21)18-16(23)19(15(13)22)12-7-5-4-6-8-12/h11-13H,4-10H2,1-3H3/p+1. The lowest BCUT2D eigenvalue weighted by Gasteiger charge is -2.38. The van der Waals surface area contributed by atoms with Gasteiger partial charge in [-0.15, -0.1) is 0 Å². The first-order valence-electron chi connectivity index (χ1n) is 8.28. The van der Waals surface area contributed by atoms with E-state index in [-0.39, 0.29) is 23.0 Å². The average Bonchev–Trinajstić information content (AvgIpc) is 2.46. The Labute approximate surface area is 143 Å². The smallest absolute Gasteiger partial charge is 0.247 e. The zero-order valence-electron chi connectivity index (χ0n) is 14.2. The van der Waals surface area contributed by atoms with Crippen molar-refractivity contribution in [2.45, 2.75) is 38.1 Å². The molecule has 128 valence electrons. The second-order valence-electron chi connectivity index (χ2n) is 7.34. The summed E-state index contributed by atoms with van der Waals surface area (Å²) < 4.78 is 0.792. The van der Waals surface area contributed by atoms with Crippen LogP contribution in [0.15, 0.2) is 4.99 Å². The van der Waals surface area contributed by atoms with Gasteiger partial charge in [-0.3, -0.25) is 19.5 Å². The monoisotopic (exact) mass is 339 g/mol. The van der Waals surface area contributed by atoms with Crippen LogP contribution in [-0.4, -0.2) is 72.8 Å². The number of carbonyl (C=O) groups excluding carboxylic acids is 2. The molecule has 0 radical (unpaired) electrons. The Morgan fingerprint density at radius 2 is 1.91 bits per heavy atom. The third kappa shape index (κ3) is 4.81. The van der Waals surface area contributed by atoms with E-state index in [1.54, 1.807) is 4.90 Å². The molecule has 0 aromatic heterocycles. The van der Waals surface area contributed by atoms with Crippen molar-refractivity contribution >= 4 is 35.4 Å². The molecule has 1 aliphatic carbocycles. The van der Waals surface area contributed by atoms with Crippen molar-refractivity contribution < 1.29 is 14.1 Å². The average molecular weight is 339 g/mol. The highest BCUT2D eigenvalue weighted by atomic mass is 32.1. The molecule has 0 aromatic carbocycles. The molecule has 1 saturated heterocycles. The molecular weight excluding hydrogens is 312 g/mol. The number of quaternary nitrogens is 1. The fourth-order valence-electron chi connectivity index (χ4n) is 2.96. The zero-order chi connectivity index (χ0) is 17.0. The molecular formula is C16H27N4O2S+. The first kappa shape index (κ1) is 18.0. The van der Waals surface area contributed by atoms with Gasteiger partial charge in [-0.1, -0.05) is 19.3 Å². The van der Waals surface area contributed by atoms with E-state index >= 15 is 0 Å². The van der Waals surface area contributed by atoms with Crippen LogP contribution in [-0.2, 0) is 9.59 Å². The molecule has 0 spiro atoms. The van der Waals surface area contributed by atoms with Gasteiger partial charge in [-0.25, -0.2) is 0 Å². The van der Waals surface area contributed by atoms with Crippen LogP contribution < -0.4 is 5.32 Å². The van der Waals surface area contributed by atoms with Crippen LogP contribution >= 0.6 is 12.2 Å². The molecule has 2 aliphatic rings. The highest BCUT2D eigenvalue weighted by molar-refractivity contribution is 7.80. The van der Waals surface area contributed by atoms with E-state index in [0.717, 1.165) is 36.7 Å². The SMILES string of the molecule is C[N+](C)(C)CCN=CC1C(=O)NC(=S)N(C2CCCCC2)C1=O. The number of carbonyl (C=O) groups is 2. The molecule has 1 unspecified atom stereocenters. The van der Waals surface area contributed by atoms with Crippen LogP contribution in [0.3, 0.4) is 0 Å². The normalized spacial score (nSPS) is 24.4. The minimum atomic E-state index is -0.851. The predicted molar refractivity (Wildman–Crippen MR) is 94.2 cm³/mol. The molecule has 0 aromatic rings. The summed E-state index contributed by atoms with van der Waals surface area (Å²) in [6.07, 6.45) is 6.80. The molecule has 1 atom stereocenters.